The number of ether oxygens (including phenoxy) is 1. The van der Waals surface area contributed by atoms with Gasteiger partial charge in [-0.3, -0.25) is 8.75 Å². The molecule has 0 aliphatic carbocycles. The standard InChI is InChI=1S/C17H17BrN6O8S.Na/c18-7-1-2-8(9(25)3-7)16(28)23-33(29,30)31-4-10-12(26)13(27)17(32-10)24-6-22-11-14(19)20-5-21-15(11)24;/h1-3,5-6,10,12-13,17,26-27H,4H2,(H4,19,20,21,23,25,28);/q;+1/p-1/t10-,12-,13-,17-;/m1./s1. The van der Waals surface area contributed by atoms with Crippen molar-refractivity contribution in [1.82, 2.24) is 19.5 Å². The van der Waals surface area contributed by atoms with Crippen LogP contribution in [-0.4, -0.2) is 74.1 Å². The summed E-state index contributed by atoms with van der Waals surface area (Å²) in [6.45, 7) is -0.760. The number of nitrogens with zero attached hydrogens (tertiary/aromatic N) is 5. The predicted octanol–water partition coefficient (Wildman–Crippen LogP) is -3.02. The molecule has 3 aromatic rings. The quantitative estimate of drug-likeness (QED) is 0.219. The minimum Gasteiger partial charge on any atom is -0.518 e. The average Bonchev–Trinajstić information content (AvgIpc) is 3.29. The summed E-state index contributed by atoms with van der Waals surface area (Å²) in [5.41, 5.74) is 5.85. The Kier molecular flexibility index (Phi) is 8.16. The van der Waals surface area contributed by atoms with Crippen molar-refractivity contribution in [2.45, 2.75) is 24.5 Å². The Morgan fingerprint density at radius 3 is 2.71 bits per heavy atom. The second-order valence-corrected chi connectivity index (χ2v) is 9.09. The van der Waals surface area contributed by atoms with E-state index >= 15 is 0 Å². The SMILES string of the molecule is Nc1ncnc2c1ncn2[C@@H]1O[C@H](COS(=O)(=O)[N-]C(=O)c2ccc(Br)cc2O)[C@@H](O)[C@H]1O.[Na+]. The van der Waals surface area contributed by atoms with Gasteiger partial charge in [0.2, 0.25) is 10.3 Å². The molecule has 1 amide bonds. The number of anilines is 1. The summed E-state index contributed by atoms with van der Waals surface area (Å²) in [7, 11) is -4.77. The van der Waals surface area contributed by atoms with Crippen molar-refractivity contribution in [1.29, 1.82) is 0 Å². The fourth-order valence-electron chi connectivity index (χ4n) is 3.17. The van der Waals surface area contributed by atoms with Gasteiger partial charge in [0, 0.05) is 10.0 Å². The van der Waals surface area contributed by atoms with E-state index in [1.807, 2.05) is 0 Å². The van der Waals surface area contributed by atoms with Gasteiger partial charge in [0.1, 0.15) is 35.9 Å². The number of aromatic nitrogens is 4. The number of aliphatic hydroxyl groups is 2. The van der Waals surface area contributed by atoms with E-state index in [0.717, 1.165) is 0 Å². The number of rotatable bonds is 6. The maximum absolute atomic E-state index is 12.1. The van der Waals surface area contributed by atoms with Crippen molar-refractivity contribution < 1.29 is 67.0 Å². The van der Waals surface area contributed by atoms with Crippen LogP contribution >= 0.6 is 15.9 Å². The predicted molar refractivity (Wildman–Crippen MR) is 114 cm³/mol. The average molecular weight is 567 g/mol. The number of halogens is 1. The van der Waals surface area contributed by atoms with Gasteiger partial charge >= 0.3 is 29.6 Å². The van der Waals surface area contributed by atoms with Gasteiger partial charge in [0.25, 0.3) is 0 Å². The van der Waals surface area contributed by atoms with Crippen LogP contribution in [0.1, 0.15) is 16.6 Å². The molecule has 4 atom stereocenters. The molecule has 1 aliphatic heterocycles. The van der Waals surface area contributed by atoms with Crippen molar-refractivity contribution in [3.63, 3.8) is 0 Å². The Morgan fingerprint density at radius 1 is 1.26 bits per heavy atom. The van der Waals surface area contributed by atoms with E-state index in [1.54, 1.807) is 0 Å². The normalized spacial score (nSPS) is 22.4. The molecule has 1 aromatic carbocycles. The number of aliphatic hydroxyl groups excluding tert-OH is 2. The van der Waals surface area contributed by atoms with Crippen LogP contribution in [-0.2, 0) is 19.2 Å². The Bertz CT molecular complexity index is 1320. The number of carbonyl (C=O) groups is 1. The molecule has 0 unspecified atom stereocenters. The second kappa shape index (κ2) is 10.4. The molecule has 5 N–H and O–H groups in total. The third-order valence-electron chi connectivity index (χ3n) is 4.76. The van der Waals surface area contributed by atoms with E-state index in [9.17, 15) is 28.5 Å². The van der Waals surface area contributed by atoms with E-state index in [1.165, 1.54) is 35.4 Å². The number of nitrogen functional groups attached to an aromatic ring is 1. The summed E-state index contributed by atoms with van der Waals surface area (Å²) in [6.07, 6.45) is -3.07. The third-order valence-corrected chi connectivity index (χ3v) is 6.08. The summed E-state index contributed by atoms with van der Waals surface area (Å²) in [6, 6.07) is 3.79. The van der Waals surface area contributed by atoms with Crippen molar-refractivity contribution >= 4 is 49.1 Å². The molecule has 0 bridgehead atoms. The molecule has 0 saturated carbocycles. The van der Waals surface area contributed by atoms with Gasteiger partial charge in [-0.25, -0.2) is 23.4 Å². The van der Waals surface area contributed by atoms with E-state index in [4.69, 9.17) is 10.5 Å². The number of imidazole rings is 1. The Labute approximate surface area is 222 Å². The minimum atomic E-state index is -4.77. The van der Waals surface area contributed by atoms with Crippen LogP contribution in [0.25, 0.3) is 15.9 Å². The van der Waals surface area contributed by atoms with Crippen molar-refractivity contribution in [3.05, 3.63) is 45.6 Å². The van der Waals surface area contributed by atoms with Gasteiger partial charge in [-0.2, -0.15) is 0 Å². The molecular formula is C17H16BrN6NaO8S. The van der Waals surface area contributed by atoms with Gasteiger partial charge in [0.15, 0.2) is 17.7 Å². The van der Waals surface area contributed by atoms with Crippen molar-refractivity contribution in [2.24, 2.45) is 0 Å². The van der Waals surface area contributed by atoms with Crippen LogP contribution in [0.2, 0.25) is 0 Å². The first-order valence-electron chi connectivity index (χ1n) is 9.17. The van der Waals surface area contributed by atoms with Crippen LogP contribution in [0.4, 0.5) is 5.82 Å². The zero-order valence-electron chi connectivity index (χ0n) is 17.4. The topological polar surface area (TPSA) is 214 Å². The summed E-state index contributed by atoms with van der Waals surface area (Å²) < 4.78 is 39.2. The molecule has 34 heavy (non-hydrogen) atoms. The number of nitrogens with two attached hydrogens (primary N) is 1. The van der Waals surface area contributed by atoms with Crippen LogP contribution in [0, 0.1) is 0 Å². The van der Waals surface area contributed by atoms with Crippen molar-refractivity contribution in [2.75, 3.05) is 12.3 Å². The number of phenolic OH excluding ortho intramolecular Hbond substituents is 1. The summed E-state index contributed by atoms with van der Waals surface area (Å²) in [5.74, 6) is -1.64. The van der Waals surface area contributed by atoms with Crippen LogP contribution in [0.3, 0.4) is 0 Å². The number of hydrogen-bond donors (Lipinski definition) is 4. The smallest absolute Gasteiger partial charge is 0.518 e. The number of hydrogen-bond acceptors (Lipinski definition) is 12. The molecule has 0 radical (unpaired) electrons. The minimum absolute atomic E-state index is 0. The molecule has 14 nitrogen and oxygen atoms in total. The molecule has 1 aliphatic rings. The van der Waals surface area contributed by atoms with Gasteiger partial charge in [-0.05, 0) is 18.2 Å². The van der Waals surface area contributed by atoms with Crippen LogP contribution in [0.5, 0.6) is 5.75 Å². The van der Waals surface area contributed by atoms with E-state index < -0.39 is 53.1 Å². The maximum atomic E-state index is 12.1. The monoisotopic (exact) mass is 566 g/mol. The van der Waals surface area contributed by atoms with Gasteiger partial charge < -0.3 is 35.3 Å². The van der Waals surface area contributed by atoms with Crippen LogP contribution in [0.15, 0.2) is 35.3 Å². The summed E-state index contributed by atoms with van der Waals surface area (Å²) in [5, 5.41) is 30.5. The number of carbonyl (C=O) groups excluding carboxylic acids is 1. The largest absolute Gasteiger partial charge is 1.00 e. The van der Waals surface area contributed by atoms with E-state index in [-0.39, 0.29) is 52.1 Å². The molecule has 2 aromatic heterocycles. The molecule has 3 heterocycles. The zero-order valence-corrected chi connectivity index (χ0v) is 21.8. The second-order valence-electron chi connectivity index (χ2n) is 6.90. The molecule has 17 heteroatoms. The van der Waals surface area contributed by atoms with Gasteiger partial charge in [-0.15, -0.1) is 0 Å². The fraction of sp³-hybridized carbons (Fsp3) is 0.294. The first-order chi connectivity index (χ1) is 15.6. The number of aromatic hydroxyl groups is 1. The van der Waals surface area contributed by atoms with E-state index in [0.29, 0.717) is 4.47 Å². The molecule has 176 valence electrons. The zero-order chi connectivity index (χ0) is 23.9. The molecule has 4 rings (SSSR count). The van der Waals surface area contributed by atoms with Gasteiger partial charge in [0.05, 0.1) is 18.8 Å². The first-order valence-corrected chi connectivity index (χ1v) is 11.3. The maximum Gasteiger partial charge on any atom is 1.00 e. The Morgan fingerprint density at radius 2 is 2.00 bits per heavy atom. The third kappa shape index (κ3) is 5.34. The van der Waals surface area contributed by atoms with Crippen LogP contribution < -0.4 is 35.3 Å². The molecular weight excluding hydrogens is 551 g/mol. The molecule has 1 saturated heterocycles. The fourth-order valence-corrected chi connectivity index (χ4v) is 4.18. The van der Waals surface area contributed by atoms with Gasteiger partial charge in [-0.1, -0.05) is 15.9 Å². The number of amides is 1. The summed E-state index contributed by atoms with van der Waals surface area (Å²) in [4.78, 5) is 24.0. The van der Waals surface area contributed by atoms with Crippen molar-refractivity contribution in [3.8, 4) is 5.75 Å². The number of benzene rings is 1. The Hall–Kier alpha value is -1.89. The van der Waals surface area contributed by atoms with E-state index in [2.05, 4.69) is 39.8 Å². The first kappa shape index (κ1) is 26.7. The number of fused-ring (bicyclic) bond motifs is 1. The molecule has 0 spiro atoms. The molecule has 1 fully saturated rings. The Balaban J connectivity index is 0.00000324. The summed E-state index contributed by atoms with van der Waals surface area (Å²) >= 11 is 3.09. The number of phenols is 1.